The number of ketones is 1. The lowest BCUT2D eigenvalue weighted by molar-refractivity contribution is -0.114. The van der Waals surface area contributed by atoms with Crippen LogP contribution < -0.4 is 0 Å². The predicted octanol–water partition coefficient (Wildman–Crippen LogP) is 3.18. The summed E-state index contributed by atoms with van der Waals surface area (Å²) >= 11 is 0. The van der Waals surface area contributed by atoms with Gasteiger partial charge in [0.05, 0.1) is 0 Å². The number of hydrogen-bond acceptors (Lipinski definition) is 2. The fraction of sp³-hybridized carbons (Fsp3) is 0.909. The summed E-state index contributed by atoms with van der Waals surface area (Å²) in [6, 6.07) is 0. The second-order valence-corrected chi connectivity index (χ2v) is 2.93. The van der Waals surface area contributed by atoms with Crippen LogP contribution >= 0.6 is 0 Å². The SMILES string of the molecule is CC(C)=O.CCCCCC.CCO. The number of carbonyl (C=O) groups excluding carboxylic acids is 1. The first-order valence-electron chi connectivity index (χ1n) is 5.14. The molecule has 0 aromatic rings. The number of aliphatic hydroxyl groups excluding tert-OH is 1. The van der Waals surface area contributed by atoms with Crippen molar-refractivity contribution in [3.8, 4) is 0 Å². The number of hydrogen-bond donors (Lipinski definition) is 1. The summed E-state index contributed by atoms with van der Waals surface area (Å²) in [6.45, 7) is 9.45. The van der Waals surface area contributed by atoms with Gasteiger partial charge in [0.2, 0.25) is 0 Å². The molecule has 0 aliphatic heterocycles. The summed E-state index contributed by atoms with van der Waals surface area (Å²) in [5.41, 5.74) is 0. The van der Waals surface area contributed by atoms with Gasteiger partial charge < -0.3 is 9.90 Å². The second kappa shape index (κ2) is 22.6. The summed E-state index contributed by atoms with van der Waals surface area (Å²) in [4.78, 5) is 9.44. The van der Waals surface area contributed by atoms with E-state index in [1.165, 1.54) is 39.5 Å². The first kappa shape index (κ1) is 18.4. The highest BCUT2D eigenvalue weighted by Crippen LogP contribution is 1.95. The smallest absolute Gasteiger partial charge is 0.126 e. The van der Waals surface area contributed by atoms with Crippen LogP contribution in [0, 0.1) is 0 Å². The molecule has 0 spiro atoms. The van der Waals surface area contributed by atoms with E-state index in [9.17, 15) is 4.79 Å². The van der Waals surface area contributed by atoms with Crippen molar-refractivity contribution >= 4 is 5.78 Å². The maximum absolute atomic E-state index is 9.44. The number of Topliss-reactive ketones (excluding diaryl/α,β-unsaturated/α-hetero) is 1. The van der Waals surface area contributed by atoms with Gasteiger partial charge in [-0.2, -0.15) is 0 Å². The van der Waals surface area contributed by atoms with Crippen LogP contribution in [0.4, 0.5) is 0 Å². The van der Waals surface area contributed by atoms with E-state index in [4.69, 9.17) is 5.11 Å². The summed E-state index contributed by atoms with van der Waals surface area (Å²) in [5, 5.41) is 7.57. The molecule has 0 atom stereocenters. The molecule has 0 amide bonds. The highest BCUT2D eigenvalue weighted by Gasteiger charge is 1.75. The van der Waals surface area contributed by atoms with Gasteiger partial charge in [0.15, 0.2) is 0 Å². The fourth-order valence-corrected chi connectivity index (χ4v) is 0.500. The van der Waals surface area contributed by atoms with E-state index in [0.29, 0.717) is 0 Å². The summed E-state index contributed by atoms with van der Waals surface area (Å²) in [7, 11) is 0. The second-order valence-electron chi connectivity index (χ2n) is 2.93. The van der Waals surface area contributed by atoms with Gasteiger partial charge in [-0.3, -0.25) is 0 Å². The Morgan fingerprint density at radius 3 is 1.23 bits per heavy atom. The molecule has 2 heteroatoms. The lowest BCUT2D eigenvalue weighted by atomic mass is 10.2. The fourth-order valence-electron chi connectivity index (χ4n) is 0.500. The topological polar surface area (TPSA) is 37.3 Å². The molecule has 0 aliphatic carbocycles. The summed E-state index contributed by atoms with van der Waals surface area (Å²) in [6.07, 6.45) is 5.54. The molecule has 2 nitrogen and oxygen atoms in total. The third-order valence-electron chi connectivity index (χ3n) is 0.957. The lowest BCUT2D eigenvalue weighted by Crippen LogP contribution is -1.69. The van der Waals surface area contributed by atoms with Crippen LogP contribution in [0.2, 0.25) is 0 Å². The predicted molar refractivity (Wildman–Crippen MR) is 58.9 cm³/mol. The third kappa shape index (κ3) is 156. The van der Waals surface area contributed by atoms with Crippen LogP contribution in [-0.2, 0) is 4.79 Å². The zero-order valence-electron chi connectivity index (χ0n) is 9.89. The van der Waals surface area contributed by atoms with Gasteiger partial charge in [0.1, 0.15) is 5.78 Å². The normalized spacial score (nSPS) is 7.54. The third-order valence-corrected chi connectivity index (χ3v) is 0.957. The quantitative estimate of drug-likeness (QED) is 0.694. The van der Waals surface area contributed by atoms with Crippen molar-refractivity contribution in [2.75, 3.05) is 6.61 Å². The Bertz CT molecular complexity index is 72.2. The largest absolute Gasteiger partial charge is 0.397 e. The van der Waals surface area contributed by atoms with Crippen molar-refractivity contribution in [1.82, 2.24) is 0 Å². The zero-order chi connectivity index (χ0) is 11.1. The van der Waals surface area contributed by atoms with Crippen molar-refractivity contribution in [2.24, 2.45) is 0 Å². The van der Waals surface area contributed by atoms with Crippen molar-refractivity contribution in [3.63, 3.8) is 0 Å². The van der Waals surface area contributed by atoms with Gasteiger partial charge in [-0.1, -0.05) is 39.5 Å². The van der Waals surface area contributed by atoms with E-state index < -0.39 is 0 Å². The monoisotopic (exact) mass is 190 g/mol. The van der Waals surface area contributed by atoms with Crippen LogP contribution in [0.1, 0.15) is 60.3 Å². The highest BCUT2D eigenvalue weighted by molar-refractivity contribution is 5.72. The minimum atomic E-state index is 0.167. The van der Waals surface area contributed by atoms with Crippen molar-refractivity contribution in [3.05, 3.63) is 0 Å². The standard InChI is InChI=1S/C6H14.C3H6O.C2H6O/c1-3-5-6-4-2;1-3(2)4;1-2-3/h3-6H2,1-2H3;1-2H3;3H,2H2,1H3. The van der Waals surface area contributed by atoms with Crippen molar-refractivity contribution < 1.29 is 9.90 Å². The Morgan fingerprint density at radius 2 is 1.15 bits per heavy atom. The Balaban J connectivity index is -0.000000125. The molecule has 0 rings (SSSR count). The van der Waals surface area contributed by atoms with Crippen molar-refractivity contribution in [2.45, 2.75) is 60.3 Å². The molecule has 0 aromatic carbocycles. The minimum Gasteiger partial charge on any atom is -0.397 e. The van der Waals surface area contributed by atoms with Gasteiger partial charge in [-0.15, -0.1) is 0 Å². The summed E-state index contributed by atoms with van der Waals surface area (Å²) in [5.74, 6) is 0.167. The lowest BCUT2D eigenvalue weighted by Gasteiger charge is -1.86. The van der Waals surface area contributed by atoms with Crippen LogP contribution in [0.25, 0.3) is 0 Å². The van der Waals surface area contributed by atoms with Crippen LogP contribution in [0.3, 0.4) is 0 Å². The zero-order valence-corrected chi connectivity index (χ0v) is 9.89. The van der Waals surface area contributed by atoms with Crippen LogP contribution in [0.5, 0.6) is 0 Å². The van der Waals surface area contributed by atoms with Crippen molar-refractivity contribution in [1.29, 1.82) is 0 Å². The molecule has 13 heavy (non-hydrogen) atoms. The molecular weight excluding hydrogens is 164 g/mol. The Morgan fingerprint density at radius 1 is 1.00 bits per heavy atom. The molecule has 0 fully saturated rings. The first-order valence-corrected chi connectivity index (χ1v) is 5.14. The Labute approximate surface area is 83.4 Å². The average molecular weight is 190 g/mol. The molecule has 0 radical (unpaired) electrons. The summed E-state index contributed by atoms with van der Waals surface area (Å²) < 4.78 is 0. The van der Waals surface area contributed by atoms with Gasteiger partial charge in [0, 0.05) is 6.61 Å². The maximum atomic E-state index is 9.44. The highest BCUT2D eigenvalue weighted by atomic mass is 16.2. The van der Waals surface area contributed by atoms with Crippen LogP contribution in [-0.4, -0.2) is 17.5 Å². The van der Waals surface area contributed by atoms with E-state index >= 15 is 0 Å². The molecule has 0 bridgehead atoms. The van der Waals surface area contributed by atoms with Crippen LogP contribution in [0.15, 0.2) is 0 Å². The molecule has 0 saturated heterocycles. The average Bonchev–Trinajstić information content (AvgIpc) is 2.01. The molecular formula is C11H26O2. The molecule has 0 unspecified atom stereocenters. The molecule has 1 N–H and O–H groups in total. The number of rotatable bonds is 3. The Hall–Kier alpha value is -0.370. The molecule has 0 heterocycles. The number of unbranched alkanes of at least 4 members (excludes halogenated alkanes) is 3. The van der Waals surface area contributed by atoms with Gasteiger partial charge in [-0.25, -0.2) is 0 Å². The van der Waals surface area contributed by atoms with E-state index in [2.05, 4.69) is 13.8 Å². The van der Waals surface area contributed by atoms with Gasteiger partial charge in [-0.05, 0) is 20.8 Å². The first-order chi connectivity index (χ1) is 6.06. The maximum Gasteiger partial charge on any atom is 0.126 e. The van der Waals surface area contributed by atoms with E-state index in [0.717, 1.165) is 0 Å². The number of carbonyl (C=O) groups is 1. The van der Waals surface area contributed by atoms with E-state index in [1.807, 2.05) is 0 Å². The molecule has 82 valence electrons. The molecule has 0 aromatic heterocycles. The molecule has 0 saturated carbocycles. The Kier molecular flexibility index (Phi) is 32.0. The van der Waals surface area contributed by atoms with Gasteiger partial charge >= 0.3 is 0 Å². The van der Waals surface area contributed by atoms with E-state index in [-0.39, 0.29) is 12.4 Å². The van der Waals surface area contributed by atoms with Gasteiger partial charge in [0.25, 0.3) is 0 Å². The minimum absolute atomic E-state index is 0.167. The van der Waals surface area contributed by atoms with E-state index in [1.54, 1.807) is 6.92 Å². The number of aliphatic hydroxyl groups is 1. The molecule has 0 aliphatic rings.